The maximum absolute atomic E-state index is 12.1. The molecule has 0 amide bonds. The molecule has 0 aliphatic rings. The van der Waals surface area contributed by atoms with E-state index in [1.54, 1.807) is 0 Å². The highest BCUT2D eigenvalue weighted by molar-refractivity contribution is 7.93. The summed E-state index contributed by atoms with van der Waals surface area (Å²) in [4.78, 5) is 10.3. The molecule has 0 radical (unpaired) electrons. The van der Waals surface area contributed by atoms with E-state index in [0.29, 0.717) is 11.3 Å². The Morgan fingerprint density at radius 3 is 2.56 bits per heavy atom. The molecule has 0 aliphatic carbocycles. The number of fused-ring (bicyclic) bond motifs is 1. The van der Waals surface area contributed by atoms with Gasteiger partial charge in [-0.15, -0.1) is 0 Å². The largest absolute Gasteiger partial charge is 0.516 e. The van der Waals surface area contributed by atoms with Crippen LogP contribution in [0, 0.1) is 0 Å². The molecule has 1 heterocycles. The highest BCUT2D eigenvalue weighted by atomic mass is 32.2. The highest BCUT2D eigenvalue weighted by Crippen LogP contribution is 2.27. The fourth-order valence-electron chi connectivity index (χ4n) is 1.15. The number of nitrogens with one attached hydrogen (secondary N) is 1. The lowest BCUT2D eigenvalue weighted by Crippen LogP contribution is -2.29. The van der Waals surface area contributed by atoms with Crippen molar-refractivity contribution in [1.29, 1.82) is 0 Å². The molecule has 1 aromatic carbocycles. The van der Waals surface area contributed by atoms with Crippen LogP contribution in [0.25, 0.3) is 10.3 Å². The van der Waals surface area contributed by atoms with Crippen LogP contribution in [0.5, 0.6) is 0 Å². The van der Waals surface area contributed by atoms with Crippen LogP contribution >= 0.6 is 11.3 Å². The summed E-state index contributed by atoms with van der Waals surface area (Å²) in [6, 6.07) is 3.37. The lowest BCUT2D eigenvalue weighted by Gasteiger charge is -2.09. The lowest BCUT2D eigenvalue weighted by atomic mass is 10.3. The van der Waals surface area contributed by atoms with E-state index >= 15 is 0 Å². The molecule has 10 heteroatoms. The predicted molar refractivity (Wildman–Crippen MR) is 59.0 cm³/mol. The van der Waals surface area contributed by atoms with Crippen LogP contribution in [0.4, 0.5) is 18.9 Å². The van der Waals surface area contributed by atoms with Crippen LogP contribution < -0.4 is 9.66 Å². The number of rotatable bonds is 2. The van der Waals surface area contributed by atoms with E-state index in [0.717, 1.165) is 12.1 Å². The molecular formula is C8H4F3NO4S2. The molecule has 2 rings (SSSR count). The Morgan fingerprint density at radius 1 is 1.28 bits per heavy atom. The van der Waals surface area contributed by atoms with Crippen molar-refractivity contribution in [3.8, 4) is 0 Å². The first kappa shape index (κ1) is 12.9. The first-order valence-corrected chi connectivity index (χ1v) is 6.62. The van der Waals surface area contributed by atoms with E-state index < -0.39 is 20.5 Å². The summed E-state index contributed by atoms with van der Waals surface area (Å²) in [7, 11) is -5.47. The Labute approximate surface area is 102 Å². The van der Waals surface area contributed by atoms with Gasteiger partial charge in [0, 0.05) is 0 Å². The Balaban J connectivity index is 2.41. The summed E-state index contributed by atoms with van der Waals surface area (Å²) >= 11 is 0.661. The second-order valence-electron chi connectivity index (χ2n) is 3.17. The molecular weight excluding hydrogens is 295 g/mol. The van der Waals surface area contributed by atoms with Crippen molar-refractivity contribution < 1.29 is 26.0 Å². The second kappa shape index (κ2) is 3.99. The molecule has 1 aromatic heterocycles. The zero-order chi connectivity index (χ0) is 13.6. The molecule has 0 bridgehead atoms. The number of benzene rings is 1. The Hall–Kier alpha value is -1.55. The van der Waals surface area contributed by atoms with Gasteiger partial charge >= 0.3 is 20.5 Å². The Bertz CT molecular complexity index is 744. The molecule has 0 aliphatic heterocycles. The number of sulfonamides is 1. The van der Waals surface area contributed by atoms with Crippen molar-refractivity contribution in [3.05, 3.63) is 27.9 Å². The zero-order valence-electron chi connectivity index (χ0n) is 8.32. The molecule has 5 nitrogen and oxygen atoms in total. The van der Waals surface area contributed by atoms with Crippen molar-refractivity contribution in [2.24, 2.45) is 0 Å². The molecule has 2 aromatic rings. The van der Waals surface area contributed by atoms with Gasteiger partial charge in [0.15, 0.2) is 0 Å². The third-order valence-corrected chi connectivity index (χ3v) is 3.79. The van der Waals surface area contributed by atoms with Crippen LogP contribution in [-0.4, -0.2) is 13.9 Å². The topological polar surface area (TPSA) is 76.4 Å². The van der Waals surface area contributed by atoms with E-state index in [1.807, 2.05) is 0 Å². The number of halogens is 3. The lowest BCUT2D eigenvalue weighted by molar-refractivity contribution is -0.0429. The fourth-order valence-corrected chi connectivity index (χ4v) is 2.41. The number of alkyl halides is 3. The van der Waals surface area contributed by atoms with E-state index in [1.165, 1.54) is 10.8 Å². The number of anilines is 1. The minimum Gasteiger partial charge on any atom is -0.414 e. The van der Waals surface area contributed by atoms with Crippen LogP contribution in [0.2, 0.25) is 0 Å². The number of hydrogen-bond donors (Lipinski definition) is 1. The molecule has 18 heavy (non-hydrogen) atoms. The van der Waals surface area contributed by atoms with Gasteiger partial charge in [0.25, 0.3) is 0 Å². The van der Waals surface area contributed by atoms with Gasteiger partial charge in [-0.05, 0) is 18.2 Å². The zero-order valence-corrected chi connectivity index (χ0v) is 9.95. The molecule has 0 saturated carbocycles. The maximum Gasteiger partial charge on any atom is 0.516 e. The molecule has 98 valence electrons. The van der Waals surface area contributed by atoms with E-state index in [9.17, 15) is 26.4 Å². The average molecular weight is 299 g/mol. The van der Waals surface area contributed by atoms with Crippen LogP contribution in [0.3, 0.4) is 0 Å². The van der Waals surface area contributed by atoms with Crippen molar-refractivity contribution in [2.45, 2.75) is 5.51 Å². The summed E-state index contributed by atoms with van der Waals surface area (Å²) < 4.78 is 64.4. The smallest absolute Gasteiger partial charge is 0.414 e. The standard InChI is InChI=1S/C8H4F3NO4S2/c9-8(10,11)18(14,15)12-4-1-2-5-6(3-4)17-7(13)16-5/h1-3,12H. The quantitative estimate of drug-likeness (QED) is 0.921. The third-order valence-electron chi connectivity index (χ3n) is 1.89. The third kappa shape index (κ3) is 2.34. The average Bonchev–Trinajstić information content (AvgIpc) is 2.54. The van der Waals surface area contributed by atoms with E-state index in [4.69, 9.17) is 0 Å². The second-order valence-corrected chi connectivity index (χ2v) is 5.82. The fraction of sp³-hybridized carbons (Fsp3) is 0.125. The van der Waals surface area contributed by atoms with E-state index in [-0.39, 0.29) is 16.0 Å². The summed E-state index contributed by atoms with van der Waals surface area (Å²) in [5.74, 6) is 0. The van der Waals surface area contributed by atoms with Crippen LogP contribution in [0.15, 0.2) is 27.4 Å². The van der Waals surface area contributed by atoms with Gasteiger partial charge in [-0.25, -0.2) is 4.79 Å². The summed E-state index contributed by atoms with van der Waals surface area (Å²) in [6.45, 7) is 0. The monoisotopic (exact) mass is 299 g/mol. The predicted octanol–water partition coefficient (Wildman–Crippen LogP) is 2.12. The first-order chi connectivity index (χ1) is 8.19. The minimum absolute atomic E-state index is 0.181. The highest BCUT2D eigenvalue weighted by Gasteiger charge is 2.46. The molecule has 0 unspecified atom stereocenters. The molecule has 0 spiro atoms. The molecule has 0 fully saturated rings. The van der Waals surface area contributed by atoms with Gasteiger partial charge in [0.1, 0.15) is 5.58 Å². The Kier molecular flexibility index (Phi) is 2.86. The van der Waals surface area contributed by atoms with Crippen LogP contribution in [0.1, 0.15) is 0 Å². The summed E-state index contributed by atoms with van der Waals surface area (Å²) in [5, 5.41) is 0. The summed E-state index contributed by atoms with van der Waals surface area (Å²) in [5.41, 5.74) is -5.51. The Morgan fingerprint density at radius 2 is 1.94 bits per heavy atom. The van der Waals surface area contributed by atoms with Gasteiger partial charge in [-0.3, -0.25) is 4.72 Å². The van der Waals surface area contributed by atoms with Crippen molar-refractivity contribution in [1.82, 2.24) is 0 Å². The summed E-state index contributed by atoms with van der Waals surface area (Å²) in [6.07, 6.45) is 0. The van der Waals surface area contributed by atoms with Crippen molar-refractivity contribution in [2.75, 3.05) is 4.72 Å². The van der Waals surface area contributed by atoms with Gasteiger partial charge < -0.3 is 4.42 Å². The molecule has 1 N–H and O–H groups in total. The van der Waals surface area contributed by atoms with Gasteiger partial charge in [0.2, 0.25) is 0 Å². The number of hydrogen-bond acceptors (Lipinski definition) is 5. The van der Waals surface area contributed by atoms with Crippen LogP contribution in [-0.2, 0) is 10.0 Å². The van der Waals surface area contributed by atoms with Gasteiger partial charge in [0.05, 0.1) is 10.4 Å². The first-order valence-electron chi connectivity index (χ1n) is 4.32. The normalized spacial score (nSPS) is 12.8. The van der Waals surface area contributed by atoms with Gasteiger partial charge in [-0.1, -0.05) is 11.3 Å². The molecule has 0 saturated heterocycles. The van der Waals surface area contributed by atoms with Crippen molar-refractivity contribution >= 4 is 37.3 Å². The maximum atomic E-state index is 12.1. The van der Waals surface area contributed by atoms with E-state index in [2.05, 4.69) is 4.42 Å². The molecule has 0 atom stereocenters. The SMILES string of the molecule is O=c1oc2ccc(NS(=O)(=O)C(F)(F)F)cc2s1. The van der Waals surface area contributed by atoms with Crippen molar-refractivity contribution in [3.63, 3.8) is 0 Å². The minimum atomic E-state index is -5.47. The van der Waals surface area contributed by atoms with Gasteiger partial charge in [-0.2, -0.15) is 21.6 Å².